The van der Waals surface area contributed by atoms with Crippen LogP contribution in [0, 0.1) is 0 Å². The lowest BCUT2D eigenvalue weighted by atomic mass is 10.2. The normalized spacial score (nSPS) is 10.5. The highest BCUT2D eigenvalue weighted by atomic mass is 16.3. The number of nitrogens with one attached hydrogen (secondary N) is 1. The van der Waals surface area contributed by atoms with Gasteiger partial charge in [0.15, 0.2) is 0 Å². The van der Waals surface area contributed by atoms with E-state index in [1.165, 1.54) is 30.7 Å². The Bertz CT molecular complexity index is 610. The zero-order valence-corrected chi connectivity index (χ0v) is 9.82. The first kappa shape index (κ1) is 12.5. The van der Waals surface area contributed by atoms with E-state index in [1.807, 2.05) is 0 Å². The van der Waals surface area contributed by atoms with E-state index in [4.69, 9.17) is 5.73 Å². The van der Waals surface area contributed by atoms with Crippen LogP contribution >= 0.6 is 0 Å². The van der Waals surface area contributed by atoms with Crippen molar-refractivity contribution in [3.8, 4) is 5.75 Å². The van der Waals surface area contributed by atoms with Crippen molar-refractivity contribution in [2.24, 2.45) is 5.10 Å². The standard InChI is InChI=1S/C12H11N5O2/c13-12-14-5-8(6-15-12)7-16-17-11(19)9-3-1-2-4-10(9)18/h1-7,18H,(H,17,19)(H2,13,14,15). The van der Waals surface area contributed by atoms with Gasteiger partial charge in [-0.05, 0) is 12.1 Å². The molecule has 7 heteroatoms. The fraction of sp³-hybridized carbons (Fsp3) is 0. The number of amides is 1. The molecule has 0 radical (unpaired) electrons. The second-order valence-electron chi connectivity index (χ2n) is 3.59. The number of aromatic nitrogens is 2. The molecule has 0 bridgehead atoms. The van der Waals surface area contributed by atoms with Crippen LogP contribution in [0.5, 0.6) is 5.75 Å². The van der Waals surface area contributed by atoms with Crippen LogP contribution in [0.15, 0.2) is 41.8 Å². The van der Waals surface area contributed by atoms with Gasteiger partial charge in [0.1, 0.15) is 5.75 Å². The van der Waals surface area contributed by atoms with Crippen molar-refractivity contribution >= 4 is 18.1 Å². The topological polar surface area (TPSA) is 113 Å². The Morgan fingerprint density at radius 2 is 2.00 bits per heavy atom. The van der Waals surface area contributed by atoms with Crippen molar-refractivity contribution in [1.29, 1.82) is 0 Å². The van der Waals surface area contributed by atoms with Gasteiger partial charge in [0.2, 0.25) is 5.95 Å². The molecular formula is C12H11N5O2. The number of carbonyl (C=O) groups excluding carboxylic acids is 1. The minimum Gasteiger partial charge on any atom is -0.507 e. The third kappa shape index (κ3) is 3.25. The number of hydrogen-bond acceptors (Lipinski definition) is 6. The minimum atomic E-state index is -0.509. The van der Waals surface area contributed by atoms with Crippen LogP contribution in [-0.2, 0) is 0 Å². The zero-order chi connectivity index (χ0) is 13.7. The lowest BCUT2D eigenvalue weighted by Gasteiger charge is -2.01. The minimum absolute atomic E-state index is 0.106. The summed E-state index contributed by atoms with van der Waals surface area (Å²) in [6.45, 7) is 0. The van der Waals surface area contributed by atoms with Crippen molar-refractivity contribution in [1.82, 2.24) is 15.4 Å². The van der Waals surface area contributed by atoms with Crippen LogP contribution < -0.4 is 11.2 Å². The molecule has 1 aromatic heterocycles. The first-order chi connectivity index (χ1) is 9.16. The third-order valence-electron chi connectivity index (χ3n) is 2.22. The molecule has 7 nitrogen and oxygen atoms in total. The lowest BCUT2D eigenvalue weighted by molar-refractivity contribution is 0.0952. The van der Waals surface area contributed by atoms with Crippen LogP contribution in [0.2, 0.25) is 0 Å². The number of rotatable bonds is 3. The highest BCUT2D eigenvalue weighted by Crippen LogP contribution is 2.14. The summed E-state index contributed by atoms with van der Waals surface area (Å²) in [6, 6.07) is 6.19. The number of phenolic OH excluding ortho intramolecular Hbond substituents is 1. The molecule has 0 atom stereocenters. The Balaban J connectivity index is 2.01. The predicted octanol–water partition coefficient (Wildman–Crippen LogP) is 0.528. The van der Waals surface area contributed by atoms with Crippen molar-refractivity contribution in [3.05, 3.63) is 47.8 Å². The van der Waals surface area contributed by atoms with Gasteiger partial charge in [0, 0.05) is 18.0 Å². The van der Waals surface area contributed by atoms with E-state index in [0.29, 0.717) is 5.56 Å². The molecular weight excluding hydrogens is 246 g/mol. The second-order valence-corrected chi connectivity index (χ2v) is 3.59. The average molecular weight is 257 g/mol. The Hall–Kier alpha value is -2.96. The van der Waals surface area contributed by atoms with Gasteiger partial charge in [-0.3, -0.25) is 4.79 Å². The van der Waals surface area contributed by atoms with Crippen LogP contribution in [0.3, 0.4) is 0 Å². The maximum absolute atomic E-state index is 11.7. The molecule has 1 heterocycles. The molecule has 0 saturated carbocycles. The molecule has 2 rings (SSSR count). The second kappa shape index (κ2) is 5.58. The summed E-state index contributed by atoms with van der Waals surface area (Å²) >= 11 is 0. The monoisotopic (exact) mass is 257 g/mol. The van der Waals surface area contributed by atoms with E-state index in [0.717, 1.165) is 0 Å². The van der Waals surface area contributed by atoms with Gasteiger partial charge >= 0.3 is 0 Å². The summed E-state index contributed by atoms with van der Waals surface area (Å²) in [5, 5.41) is 13.2. The van der Waals surface area contributed by atoms with Crippen LogP contribution in [0.4, 0.5) is 5.95 Å². The highest BCUT2D eigenvalue weighted by molar-refractivity contribution is 5.97. The van der Waals surface area contributed by atoms with Gasteiger partial charge in [-0.1, -0.05) is 12.1 Å². The van der Waals surface area contributed by atoms with E-state index in [2.05, 4.69) is 20.5 Å². The number of benzene rings is 1. The highest BCUT2D eigenvalue weighted by Gasteiger charge is 2.08. The largest absolute Gasteiger partial charge is 0.507 e. The molecule has 96 valence electrons. The number of anilines is 1. The van der Waals surface area contributed by atoms with Crippen molar-refractivity contribution in [2.45, 2.75) is 0 Å². The molecule has 2 aromatic rings. The number of aromatic hydroxyl groups is 1. The average Bonchev–Trinajstić information content (AvgIpc) is 2.41. The number of nitrogens with two attached hydrogens (primary N) is 1. The van der Waals surface area contributed by atoms with Gasteiger partial charge < -0.3 is 10.8 Å². The lowest BCUT2D eigenvalue weighted by Crippen LogP contribution is -2.17. The Morgan fingerprint density at radius 1 is 1.32 bits per heavy atom. The first-order valence-electron chi connectivity index (χ1n) is 5.36. The van der Waals surface area contributed by atoms with Crippen molar-refractivity contribution in [3.63, 3.8) is 0 Å². The van der Waals surface area contributed by atoms with E-state index in [9.17, 15) is 9.90 Å². The SMILES string of the molecule is Nc1ncc(C=NNC(=O)c2ccccc2O)cn1. The Kier molecular flexibility index (Phi) is 3.67. The van der Waals surface area contributed by atoms with Crippen LogP contribution in [0.25, 0.3) is 0 Å². The van der Waals surface area contributed by atoms with E-state index in [-0.39, 0.29) is 17.3 Å². The number of nitrogen functional groups attached to an aromatic ring is 1. The molecule has 4 N–H and O–H groups in total. The summed E-state index contributed by atoms with van der Waals surface area (Å²) in [5.74, 6) is -0.452. The van der Waals surface area contributed by atoms with E-state index in [1.54, 1.807) is 12.1 Å². The van der Waals surface area contributed by atoms with Crippen LogP contribution in [-0.4, -0.2) is 27.2 Å². The molecule has 0 fully saturated rings. The fourth-order valence-corrected chi connectivity index (χ4v) is 1.31. The molecule has 0 spiro atoms. The summed E-state index contributed by atoms with van der Waals surface area (Å²) < 4.78 is 0. The Labute approximate surface area is 108 Å². The molecule has 0 unspecified atom stereocenters. The number of hydrazone groups is 1. The number of carbonyl (C=O) groups is 1. The molecule has 0 aliphatic rings. The summed E-state index contributed by atoms with van der Waals surface area (Å²) in [5.41, 5.74) is 8.35. The number of nitrogens with zero attached hydrogens (tertiary/aromatic N) is 3. The smallest absolute Gasteiger partial charge is 0.275 e. The molecule has 0 aliphatic carbocycles. The Morgan fingerprint density at radius 3 is 2.68 bits per heavy atom. The third-order valence-corrected chi connectivity index (χ3v) is 2.22. The van der Waals surface area contributed by atoms with E-state index < -0.39 is 5.91 Å². The zero-order valence-electron chi connectivity index (χ0n) is 9.82. The first-order valence-corrected chi connectivity index (χ1v) is 5.36. The maximum Gasteiger partial charge on any atom is 0.275 e. The van der Waals surface area contributed by atoms with Crippen molar-refractivity contribution < 1.29 is 9.90 Å². The molecule has 0 aliphatic heterocycles. The van der Waals surface area contributed by atoms with Crippen LogP contribution in [0.1, 0.15) is 15.9 Å². The fourth-order valence-electron chi connectivity index (χ4n) is 1.31. The van der Waals surface area contributed by atoms with Gasteiger partial charge in [0.05, 0.1) is 11.8 Å². The van der Waals surface area contributed by atoms with Gasteiger partial charge in [-0.15, -0.1) is 0 Å². The number of phenols is 1. The van der Waals surface area contributed by atoms with Gasteiger partial charge in [0.25, 0.3) is 5.91 Å². The summed E-state index contributed by atoms with van der Waals surface area (Å²) in [7, 11) is 0. The molecule has 19 heavy (non-hydrogen) atoms. The summed E-state index contributed by atoms with van der Waals surface area (Å²) in [6.07, 6.45) is 4.31. The van der Waals surface area contributed by atoms with E-state index >= 15 is 0 Å². The number of hydrogen-bond donors (Lipinski definition) is 3. The predicted molar refractivity (Wildman–Crippen MR) is 69.6 cm³/mol. The molecule has 0 saturated heterocycles. The molecule has 1 aromatic carbocycles. The quantitative estimate of drug-likeness (QED) is 0.548. The van der Waals surface area contributed by atoms with Crippen molar-refractivity contribution in [2.75, 3.05) is 5.73 Å². The number of para-hydroxylation sites is 1. The summed E-state index contributed by atoms with van der Waals surface area (Å²) in [4.78, 5) is 19.2. The molecule has 1 amide bonds. The maximum atomic E-state index is 11.7. The van der Waals surface area contributed by atoms with Gasteiger partial charge in [-0.25, -0.2) is 15.4 Å². The van der Waals surface area contributed by atoms with Gasteiger partial charge in [-0.2, -0.15) is 5.10 Å².